The molecule has 0 fully saturated rings. The van der Waals surface area contributed by atoms with Gasteiger partial charge in [0.15, 0.2) is 0 Å². The van der Waals surface area contributed by atoms with E-state index < -0.39 is 0 Å². The second kappa shape index (κ2) is 8.18. The molecule has 0 radical (unpaired) electrons. The molecule has 1 aromatic carbocycles. The molecule has 1 aromatic rings. The van der Waals surface area contributed by atoms with Crippen LogP contribution in [0.4, 0.5) is 0 Å². The molecule has 19 heavy (non-hydrogen) atoms. The van der Waals surface area contributed by atoms with E-state index in [1.807, 2.05) is 12.1 Å². The molecule has 0 aliphatic rings. The Hall–Kier alpha value is -1.06. The number of methoxy groups -OCH3 is 1. The Morgan fingerprint density at radius 3 is 2.21 bits per heavy atom. The second-order valence-electron chi connectivity index (χ2n) is 5.17. The van der Waals surface area contributed by atoms with Crippen molar-refractivity contribution in [3.63, 3.8) is 0 Å². The lowest BCUT2D eigenvalue weighted by molar-refractivity contribution is 0.0220. The molecule has 2 atom stereocenters. The third kappa shape index (κ3) is 5.21. The zero-order valence-electron chi connectivity index (χ0n) is 12.8. The van der Waals surface area contributed by atoms with Gasteiger partial charge in [-0.1, -0.05) is 32.9 Å². The summed E-state index contributed by atoms with van der Waals surface area (Å²) < 4.78 is 11.1. The van der Waals surface area contributed by atoms with Crippen molar-refractivity contribution in [3.8, 4) is 5.75 Å². The van der Waals surface area contributed by atoms with Crippen molar-refractivity contribution in [1.82, 2.24) is 5.32 Å². The first-order valence-electron chi connectivity index (χ1n) is 7.07. The van der Waals surface area contributed by atoms with Crippen molar-refractivity contribution in [3.05, 3.63) is 29.8 Å². The van der Waals surface area contributed by atoms with Crippen LogP contribution in [-0.4, -0.2) is 26.4 Å². The normalized spacial score (nSPS) is 14.4. The summed E-state index contributed by atoms with van der Waals surface area (Å²) in [5.74, 6) is 1.42. The summed E-state index contributed by atoms with van der Waals surface area (Å²) >= 11 is 0. The number of rotatable bonds is 8. The average Bonchev–Trinajstić information content (AvgIpc) is 2.43. The van der Waals surface area contributed by atoms with E-state index in [4.69, 9.17) is 9.47 Å². The Balaban J connectivity index is 2.64. The van der Waals surface area contributed by atoms with Crippen LogP contribution in [0.25, 0.3) is 0 Å². The molecule has 0 aromatic heterocycles. The number of benzene rings is 1. The van der Waals surface area contributed by atoms with Crippen molar-refractivity contribution in [1.29, 1.82) is 0 Å². The molecule has 1 N–H and O–H groups in total. The van der Waals surface area contributed by atoms with E-state index in [1.165, 1.54) is 5.56 Å². The maximum atomic E-state index is 5.94. The summed E-state index contributed by atoms with van der Waals surface area (Å²) in [5, 5.41) is 3.46. The van der Waals surface area contributed by atoms with Crippen LogP contribution >= 0.6 is 0 Å². The monoisotopic (exact) mass is 265 g/mol. The fraction of sp³-hybridized carbons (Fsp3) is 0.625. The van der Waals surface area contributed by atoms with E-state index in [9.17, 15) is 0 Å². The molecular weight excluding hydrogens is 238 g/mol. The quantitative estimate of drug-likeness (QED) is 0.781. The zero-order chi connectivity index (χ0) is 14.3. The number of ether oxygens (including phenoxy) is 2. The number of nitrogens with one attached hydrogen (secondary N) is 1. The SMILES string of the molecule is CCNC(COC(C)C(C)C)c1ccc(OC)cc1. The topological polar surface area (TPSA) is 30.5 Å². The Bertz CT molecular complexity index is 348. The van der Waals surface area contributed by atoms with Gasteiger partial charge in [-0.3, -0.25) is 0 Å². The van der Waals surface area contributed by atoms with Gasteiger partial charge in [-0.25, -0.2) is 0 Å². The Kier molecular flexibility index (Phi) is 6.89. The minimum atomic E-state index is 0.233. The van der Waals surface area contributed by atoms with Crippen molar-refractivity contribution in [2.75, 3.05) is 20.3 Å². The van der Waals surface area contributed by atoms with E-state index in [-0.39, 0.29) is 12.1 Å². The molecule has 108 valence electrons. The van der Waals surface area contributed by atoms with Gasteiger partial charge in [0.05, 0.1) is 25.9 Å². The predicted octanol–water partition coefficient (Wildman–Crippen LogP) is 3.41. The third-order valence-electron chi connectivity index (χ3n) is 3.43. The highest BCUT2D eigenvalue weighted by Gasteiger charge is 2.14. The van der Waals surface area contributed by atoms with Crippen LogP contribution in [0.1, 0.15) is 39.3 Å². The van der Waals surface area contributed by atoms with Crippen LogP contribution in [-0.2, 0) is 4.74 Å². The maximum Gasteiger partial charge on any atom is 0.118 e. The van der Waals surface area contributed by atoms with Crippen LogP contribution in [0.15, 0.2) is 24.3 Å². The summed E-state index contributed by atoms with van der Waals surface area (Å²) in [6, 6.07) is 8.40. The average molecular weight is 265 g/mol. The molecular formula is C16H27NO2. The molecule has 0 heterocycles. The first-order valence-corrected chi connectivity index (χ1v) is 7.07. The van der Waals surface area contributed by atoms with E-state index in [1.54, 1.807) is 7.11 Å². The molecule has 0 bridgehead atoms. The lowest BCUT2D eigenvalue weighted by Crippen LogP contribution is -2.28. The first kappa shape index (κ1) is 16.0. The largest absolute Gasteiger partial charge is 0.497 e. The minimum absolute atomic E-state index is 0.233. The van der Waals surface area contributed by atoms with Gasteiger partial charge in [0.1, 0.15) is 5.75 Å². The van der Waals surface area contributed by atoms with Gasteiger partial charge in [0.2, 0.25) is 0 Å². The van der Waals surface area contributed by atoms with Crippen LogP contribution in [0.2, 0.25) is 0 Å². The highest BCUT2D eigenvalue weighted by Crippen LogP contribution is 2.19. The summed E-state index contributed by atoms with van der Waals surface area (Å²) in [7, 11) is 1.68. The third-order valence-corrected chi connectivity index (χ3v) is 3.43. The van der Waals surface area contributed by atoms with Crippen LogP contribution < -0.4 is 10.1 Å². The summed E-state index contributed by atoms with van der Waals surface area (Å²) in [6.45, 7) is 10.2. The van der Waals surface area contributed by atoms with Gasteiger partial charge in [-0.15, -0.1) is 0 Å². The van der Waals surface area contributed by atoms with E-state index >= 15 is 0 Å². The van der Waals surface area contributed by atoms with Gasteiger partial charge >= 0.3 is 0 Å². The molecule has 0 saturated heterocycles. The molecule has 3 heteroatoms. The van der Waals surface area contributed by atoms with Gasteiger partial charge in [-0.2, -0.15) is 0 Å². The van der Waals surface area contributed by atoms with Gasteiger partial charge in [-0.05, 0) is 37.1 Å². The van der Waals surface area contributed by atoms with Crippen molar-refractivity contribution < 1.29 is 9.47 Å². The molecule has 0 amide bonds. The molecule has 0 saturated carbocycles. The lowest BCUT2D eigenvalue weighted by atomic mass is 10.1. The van der Waals surface area contributed by atoms with Gasteiger partial charge in [0, 0.05) is 0 Å². The van der Waals surface area contributed by atoms with Crippen LogP contribution in [0.5, 0.6) is 5.75 Å². The number of likely N-dealkylation sites (N-methyl/N-ethyl adjacent to an activating group) is 1. The van der Waals surface area contributed by atoms with Crippen LogP contribution in [0, 0.1) is 5.92 Å². The molecule has 1 rings (SSSR count). The highest BCUT2D eigenvalue weighted by atomic mass is 16.5. The van der Waals surface area contributed by atoms with Gasteiger partial charge < -0.3 is 14.8 Å². The van der Waals surface area contributed by atoms with Crippen molar-refractivity contribution in [2.45, 2.75) is 39.8 Å². The predicted molar refractivity (Wildman–Crippen MR) is 79.7 cm³/mol. The minimum Gasteiger partial charge on any atom is -0.497 e. The molecule has 0 aliphatic carbocycles. The molecule has 0 aliphatic heterocycles. The van der Waals surface area contributed by atoms with E-state index in [2.05, 4.69) is 45.1 Å². The van der Waals surface area contributed by atoms with E-state index in [0.29, 0.717) is 12.5 Å². The molecule has 2 unspecified atom stereocenters. The molecule has 3 nitrogen and oxygen atoms in total. The Labute approximate surface area is 117 Å². The van der Waals surface area contributed by atoms with Gasteiger partial charge in [0.25, 0.3) is 0 Å². The van der Waals surface area contributed by atoms with Crippen LogP contribution in [0.3, 0.4) is 0 Å². The highest BCUT2D eigenvalue weighted by molar-refractivity contribution is 5.29. The smallest absolute Gasteiger partial charge is 0.118 e. The number of hydrogen-bond acceptors (Lipinski definition) is 3. The summed E-state index contributed by atoms with van der Waals surface area (Å²) in [4.78, 5) is 0. The summed E-state index contributed by atoms with van der Waals surface area (Å²) in [5.41, 5.74) is 1.23. The summed E-state index contributed by atoms with van der Waals surface area (Å²) in [6.07, 6.45) is 0.277. The molecule has 0 spiro atoms. The van der Waals surface area contributed by atoms with Crippen molar-refractivity contribution in [2.24, 2.45) is 5.92 Å². The zero-order valence-corrected chi connectivity index (χ0v) is 12.8. The van der Waals surface area contributed by atoms with Crippen molar-refractivity contribution >= 4 is 0 Å². The Morgan fingerprint density at radius 2 is 1.74 bits per heavy atom. The maximum absolute atomic E-state index is 5.94. The fourth-order valence-corrected chi connectivity index (χ4v) is 1.80. The number of hydrogen-bond donors (Lipinski definition) is 1. The lowest BCUT2D eigenvalue weighted by Gasteiger charge is -2.23. The standard InChI is InChI=1S/C16H27NO2/c1-6-17-16(11-19-13(4)12(2)3)14-7-9-15(18-5)10-8-14/h7-10,12-13,16-17H,6,11H2,1-5H3. The first-order chi connectivity index (χ1) is 9.08. The van der Waals surface area contributed by atoms with E-state index in [0.717, 1.165) is 12.3 Å². The Morgan fingerprint density at radius 1 is 1.11 bits per heavy atom. The fourth-order valence-electron chi connectivity index (χ4n) is 1.80. The second-order valence-corrected chi connectivity index (χ2v) is 5.17.